The van der Waals surface area contributed by atoms with Crippen LogP contribution in [-0.2, 0) is 27.9 Å². The lowest BCUT2D eigenvalue weighted by Gasteiger charge is -2.19. The molecule has 0 atom stereocenters. The van der Waals surface area contributed by atoms with Crippen molar-refractivity contribution >= 4 is 15.9 Å². The molecule has 0 saturated carbocycles. The normalized spacial score (nSPS) is 11.5. The summed E-state index contributed by atoms with van der Waals surface area (Å²) in [6.45, 7) is 6.59. The fourth-order valence-corrected chi connectivity index (χ4v) is 4.38. The average molecular weight is 451 g/mol. The van der Waals surface area contributed by atoms with Gasteiger partial charge in [-0.05, 0) is 18.6 Å². The molecule has 0 fully saturated rings. The zero-order chi connectivity index (χ0) is 22.9. The number of ether oxygens (including phenoxy) is 1. The van der Waals surface area contributed by atoms with Crippen LogP contribution in [0.5, 0.6) is 5.88 Å². The molecule has 10 heteroatoms. The van der Waals surface area contributed by atoms with Gasteiger partial charge in [-0.15, -0.1) is 0 Å². The molecule has 2 rings (SSSR count). The van der Waals surface area contributed by atoms with Crippen LogP contribution in [0.3, 0.4) is 0 Å². The van der Waals surface area contributed by atoms with E-state index < -0.39 is 21.5 Å². The van der Waals surface area contributed by atoms with Gasteiger partial charge in [0, 0.05) is 43.7 Å². The molecule has 2 aromatic rings. The van der Waals surface area contributed by atoms with E-state index in [0.717, 1.165) is 29.0 Å². The van der Waals surface area contributed by atoms with Gasteiger partial charge < -0.3 is 14.6 Å². The quantitative estimate of drug-likeness (QED) is 0.494. The second-order valence-corrected chi connectivity index (χ2v) is 8.80. The van der Waals surface area contributed by atoms with Gasteiger partial charge in [0.05, 0.1) is 11.5 Å². The lowest BCUT2D eigenvalue weighted by Crippen LogP contribution is -2.34. The van der Waals surface area contributed by atoms with E-state index in [4.69, 9.17) is 4.74 Å². The van der Waals surface area contributed by atoms with Gasteiger partial charge in [-0.3, -0.25) is 9.59 Å². The molecule has 2 heterocycles. The molecule has 1 amide bonds. The summed E-state index contributed by atoms with van der Waals surface area (Å²) in [4.78, 5) is 28.8. The lowest BCUT2D eigenvalue weighted by atomic mass is 10.2. The summed E-state index contributed by atoms with van der Waals surface area (Å²) >= 11 is 0. The van der Waals surface area contributed by atoms with Gasteiger partial charge in [0.25, 0.3) is 5.56 Å². The average Bonchev–Trinajstić information content (AvgIpc) is 2.75. The molecule has 0 saturated heterocycles. The molecular weight excluding hydrogens is 420 g/mol. The Morgan fingerprint density at radius 1 is 1.19 bits per heavy atom. The summed E-state index contributed by atoms with van der Waals surface area (Å²) < 4.78 is 33.4. The number of unbranched alkanes of at least 4 members (excludes halogenated alkanes) is 1. The zero-order valence-corrected chi connectivity index (χ0v) is 19.0. The van der Waals surface area contributed by atoms with E-state index >= 15 is 0 Å². The molecule has 0 aliphatic rings. The summed E-state index contributed by atoms with van der Waals surface area (Å²) in [5, 5.41) is 2.73. The SMILES string of the molecule is CCCCOc1ncccc1CNC(=O)Cn1cc(S(=O)(=O)N(CC)CC)ccc1=O. The highest BCUT2D eigenvalue weighted by atomic mass is 32.2. The number of nitrogens with one attached hydrogen (secondary N) is 1. The van der Waals surface area contributed by atoms with Crippen molar-refractivity contribution in [3.63, 3.8) is 0 Å². The Labute approximate surface area is 183 Å². The molecule has 0 bridgehead atoms. The third-order valence-electron chi connectivity index (χ3n) is 4.68. The van der Waals surface area contributed by atoms with Crippen LogP contribution in [0.1, 0.15) is 39.2 Å². The Kier molecular flexibility index (Phi) is 9.20. The summed E-state index contributed by atoms with van der Waals surface area (Å²) in [6.07, 6.45) is 4.72. The molecule has 0 aliphatic carbocycles. The van der Waals surface area contributed by atoms with E-state index in [-0.39, 0.29) is 18.0 Å². The van der Waals surface area contributed by atoms with Crippen LogP contribution in [0.25, 0.3) is 0 Å². The van der Waals surface area contributed by atoms with Gasteiger partial charge in [-0.25, -0.2) is 13.4 Å². The van der Waals surface area contributed by atoms with Crippen molar-refractivity contribution < 1.29 is 17.9 Å². The monoisotopic (exact) mass is 450 g/mol. The number of carbonyl (C=O) groups is 1. The van der Waals surface area contributed by atoms with Crippen LogP contribution in [0.2, 0.25) is 0 Å². The van der Waals surface area contributed by atoms with Crippen LogP contribution >= 0.6 is 0 Å². The Balaban J connectivity index is 2.09. The van der Waals surface area contributed by atoms with Crippen LogP contribution in [0.15, 0.2) is 46.3 Å². The molecule has 0 aliphatic heterocycles. The molecule has 1 N–H and O–H groups in total. The summed E-state index contributed by atoms with van der Waals surface area (Å²) in [5.41, 5.74) is 0.260. The first-order valence-electron chi connectivity index (χ1n) is 10.4. The Morgan fingerprint density at radius 2 is 1.94 bits per heavy atom. The maximum absolute atomic E-state index is 12.7. The fraction of sp³-hybridized carbons (Fsp3) is 0.476. The van der Waals surface area contributed by atoms with Crippen LogP contribution in [0.4, 0.5) is 0 Å². The number of pyridine rings is 2. The van der Waals surface area contributed by atoms with Crippen LogP contribution in [0, 0.1) is 0 Å². The summed E-state index contributed by atoms with van der Waals surface area (Å²) in [7, 11) is -3.73. The van der Waals surface area contributed by atoms with Gasteiger partial charge >= 0.3 is 0 Å². The highest BCUT2D eigenvalue weighted by molar-refractivity contribution is 7.89. The highest BCUT2D eigenvalue weighted by Gasteiger charge is 2.22. The van der Waals surface area contributed by atoms with Crippen LogP contribution < -0.4 is 15.6 Å². The largest absolute Gasteiger partial charge is 0.477 e. The Hall–Kier alpha value is -2.72. The minimum absolute atomic E-state index is 0.0255. The minimum atomic E-state index is -3.73. The van der Waals surface area contributed by atoms with Crippen molar-refractivity contribution in [1.29, 1.82) is 0 Å². The van der Waals surface area contributed by atoms with E-state index in [1.807, 2.05) is 0 Å². The summed E-state index contributed by atoms with van der Waals surface area (Å²) in [5.74, 6) is 0.0311. The highest BCUT2D eigenvalue weighted by Crippen LogP contribution is 2.15. The molecule has 0 unspecified atom stereocenters. The molecule has 170 valence electrons. The smallest absolute Gasteiger partial charge is 0.251 e. The second-order valence-electron chi connectivity index (χ2n) is 6.87. The van der Waals surface area contributed by atoms with Gasteiger partial charge in [0.2, 0.25) is 21.8 Å². The van der Waals surface area contributed by atoms with Gasteiger partial charge in [0.1, 0.15) is 6.54 Å². The third-order valence-corrected chi connectivity index (χ3v) is 6.71. The van der Waals surface area contributed by atoms with Crippen molar-refractivity contribution in [3.8, 4) is 5.88 Å². The lowest BCUT2D eigenvalue weighted by molar-refractivity contribution is -0.121. The van der Waals surface area contributed by atoms with Crippen molar-refractivity contribution in [1.82, 2.24) is 19.2 Å². The van der Waals surface area contributed by atoms with Crippen LogP contribution in [-0.4, -0.2) is 47.9 Å². The minimum Gasteiger partial charge on any atom is -0.477 e. The molecule has 2 aromatic heterocycles. The number of aromatic nitrogens is 2. The van der Waals surface area contributed by atoms with Gasteiger partial charge in [-0.1, -0.05) is 33.3 Å². The number of carbonyl (C=O) groups excluding carboxylic acids is 1. The molecule has 0 radical (unpaired) electrons. The second kappa shape index (κ2) is 11.6. The van der Waals surface area contributed by atoms with Gasteiger partial charge in [0.15, 0.2) is 0 Å². The number of hydrogen-bond acceptors (Lipinski definition) is 6. The predicted molar refractivity (Wildman–Crippen MR) is 117 cm³/mol. The molecule has 9 nitrogen and oxygen atoms in total. The Bertz CT molecular complexity index is 1030. The number of rotatable bonds is 12. The first-order chi connectivity index (χ1) is 14.8. The fourth-order valence-electron chi connectivity index (χ4n) is 2.90. The standard InChI is InChI=1S/C21H30N4O5S/c1-4-7-13-30-21-17(9-8-12-22-21)14-23-19(26)16-24-15-18(10-11-20(24)27)31(28,29)25(5-2)6-3/h8-12,15H,4-7,13-14,16H2,1-3H3,(H,23,26). The number of hydrogen-bond donors (Lipinski definition) is 1. The molecular formula is C21H30N4O5S. The topological polar surface area (TPSA) is 111 Å². The predicted octanol–water partition coefficient (Wildman–Crippen LogP) is 1.77. The maximum Gasteiger partial charge on any atom is 0.251 e. The molecule has 31 heavy (non-hydrogen) atoms. The number of sulfonamides is 1. The van der Waals surface area contributed by atoms with Crippen molar-refractivity contribution in [2.45, 2.75) is 51.6 Å². The maximum atomic E-state index is 12.7. The third kappa shape index (κ3) is 6.63. The van der Waals surface area contributed by atoms with Crippen molar-refractivity contribution in [3.05, 3.63) is 52.6 Å². The molecule has 0 spiro atoms. The molecule has 0 aromatic carbocycles. The van der Waals surface area contributed by atoms with E-state index in [1.54, 1.807) is 32.2 Å². The van der Waals surface area contributed by atoms with E-state index in [9.17, 15) is 18.0 Å². The van der Waals surface area contributed by atoms with Gasteiger partial charge in [-0.2, -0.15) is 4.31 Å². The van der Waals surface area contributed by atoms with E-state index in [2.05, 4.69) is 17.2 Å². The summed E-state index contributed by atoms with van der Waals surface area (Å²) in [6, 6.07) is 5.97. The van der Waals surface area contributed by atoms with Crippen molar-refractivity contribution in [2.24, 2.45) is 0 Å². The zero-order valence-electron chi connectivity index (χ0n) is 18.2. The van der Waals surface area contributed by atoms with E-state index in [1.165, 1.54) is 16.6 Å². The number of amides is 1. The Morgan fingerprint density at radius 3 is 2.61 bits per heavy atom. The van der Waals surface area contributed by atoms with E-state index in [0.29, 0.717) is 25.6 Å². The first kappa shape index (κ1) is 24.5. The van der Waals surface area contributed by atoms with Crippen molar-refractivity contribution in [2.75, 3.05) is 19.7 Å². The first-order valence-corrected chi connectivity index (χ1v) is 11.8. The number of nitrogens with zero attached hydrogens (tertiary/aromatic N) is 3.